The third-order valence-corrected chi connectivity index (χ3v) is 8.44. The van der Waals surface area contributed by atoms with Crippen LogP contribution in [0.5, 0.6) is 0 Å². The molecule has 8 nitrogen and oxygen atoms in total. The Morgan fingerprint density at radius 1 is 0.969 bits per heavy atom. The molecule has 1 N–H and O–H groups in total. The summed E-state index contributed by atoms with van der Waals surface area (Å²) in [6.07, 6.45) is 3.79. The quantitative estimate of drug-likeness (QED) is 0.658. The van der Waals surface area contributed by atoms with Crippen LogP contribution in [0.2, 0.25) is 0 Å². The summed E-state index contributed by atoms with van der Waals surface area (Å²) in [5.41, 5.74) is 2.57. The summed E-state index contributed by atoms with van der Waals surface area (Å²) in [5, 5.41) is 2.65. The normalized spacial score (nSPS) is 15.3. The van der Waals surface area contributed by atoms with Crippen LogP contribution in [0.3, 0.4) is 0 Å². The number of carbonyl (C=O) groups is 1. The van der Waals surface area contributed by atoms with Crippen molar-refractivity contribution < 1.29 is 21.6 Å². The zero-order valence-electron chi connectivity index (χ0n) is 18.5. The number of nitrogens with zero attached hydrogens (tertiary/aromatic N) is 2. The molecule has 0 aromatic heterocycles. The average molecular weight is 480 g/mol. The molecule has 1 amide bonds. The van der Waals surface area contributed by atoms with Gasteiger partial charge in [-0.3, -0.25) is 9.10 Å². The molecule has 2 aromatic rings. The van der Waals surface area contributed by atoms with E-state index in [2.05, 4.69) is 5.32 Å². The maximum atomic E-state index is 12.8. The molecule has 0 radical (unpaired) electrons. The molecule has 0 bridgehead atoms. The molecule has 1 aliphatic rings. The number of anilines is 2. The highest BCUT2D eigenvalue weighted by Gasteiger charge is 2.26. The van der Waals surface area contributed by atoms with E-state index in [1.165, 1.54) is 28.6 Å². The second kappa shape index (κ2) is 9.60. The summed E-state index contributed by atoms with van der Waals surface area (Å²) < 4.78 is 52.7. The van der Waals surface area contributed by atoms with Crippen LogP contribution in [0.4, 0.5) is 11.4 Å². The Bertz CT molecular complexity index is 1190. The number of amides is 1. The summed E-state index contributed by atoms with van der Waals surface area (Å²) >= 11 is 0. The molecule has 1 heterocycles. The number of hydrogen-bond acceptors (Lipinski definition) is 5. The minimum Gasteiger partial charge on any atom is -0.325 e. The lowest BCUT2D eigenvalue weighted by atomic mass is 10.1. The molecule has 32 heavy (non-hydrogen) atoms. The molecule has 3 rings (SSSR count). The zero-order chi connectivity index (χ0) is 23.5. The van der Waals surface area contributed by atoms with Gasteiger partial charge in [-0.05, 0) is 62.6 Å². The molecule has 1 saturated heterocycles. The van der Waals surface area contributed by atoms with Gasteiger partial charge in [0, 0.05) is 18.8 Å². The lowest BCUT2D eigenvalue weighted by Crippen LogP contribution is -2.38. The van der Waals surface area contributed by atoms with Crippen LogP contribution in [-0.2, 0) is 24.8 Å². The standard InChI is InChI=1S/C22H29N3O5S2/c1-17-7-12-21(18(2)15-17)25(31(3,27)28)16-22(26)23-19-8-10-20(11-9-19)32(29,30)24-13-5-4-6-14-24/h7-12,15H,4-6,13-14,16H2,1-3H3,(H,23,26). The molecule has 10 heteroatoms. The second-order valence-electron chi connectivity index (χ2n) is 8.10. The van der Waals surface area contributed by atoms with Gasteiger partial charge in [-0.2, -0.15) is 4.31 Å². The van der Waals surface area contributed by atoms with Gasteiger partial charge in [0.15, 0.2) is 0 Å². The van der Waals surface area contributed by atoms with E-state index in [0.717, 1.165) is 41.0 Å². The van der Waals surface area contributed by atoms with Crippen molar-refractivity contribution in [2.75, 3.05) is 35.5 Å². The molecular formula is C22H29N3O5S2. The van der Waals surface area contributed by atoms with Gasteiger partial charge in [-0.1, -0.05) is 24.1 Å². The Balaban J connectivity index is 1.73. The van der Waals surface area contributed by atoms with Crippen LogP contribution >= 0.6 is 0 Å². The molecule has 0 aliphatic carbocycles. The van der Waals surface area contributed by atoms with Crippen molar-refractivity contribution in [2.24, 2.45) is 0 Å². The monoisotopic (exact) mass is 479 g/mol. The van der Waals surface area contributed by atoms with Crippen LogP contribution in [0, 0.1) is 13.8 Å². The first kappa shape index (κ1) is 24.2. The van der Waals surface area contributed by atoms with Gasteiger partial charge in [0.1, 0.15) is 6.54 Å². The van der Waals surface area contributed by atoms with E-state index < -0.39 is 32.5 Å². The highest BCUT2D eigenvalue weighted by molar-refractivity contribution is 7.92. The number of piperidine rings is 1. The molecule has 0 unspecified atom stereocenters. The first-order valence-corrected chi connectivity index (χ1v) is 13.7. The number of hydrogen-bond donors (Lipinski definition) is 1. The Kier molecular flexibility index (Phi) is 7.26. The van der Waals surface area contributed by atoms with E-state index in [0.29, 0.717) is 24.5 Å². The average Bonchev–Trinajstić information content (AvgIpc) is 2.73. The van der Waals surface area contributed by atoms with Gasteiger partial charge in [0.05, 0.1) is 16.8 Å². The number of nitrogens with one attached hydrogen (secondary N) is 1. The largest absolute Gasteiger partial charge is 0.325 e. The van der Waals surface area contributed by atoms with Gasteiger partial charge in [-0.25, -0.2) is 16.8 Å². The summed E-state index contributed by atoms with van der Waals surface area (Å²) in [5.74, 6) is -0.526. The SMILES string of the molecule is Cc1ccc(N(CC(=O)Nc2ccc(S(=O)(=O)N3CCCCC3)cc2)S(C)(=O)=O)c(C)c1. The lowest BCUT2D eigenvalue weighted by molar-refractivity contribution is -0.114. The first-order chi connectivity index (χ1) is 15.0. The van der Waals surface area contributed by atoms with Crippen LogP contribution < -0.4 is 9.62 Å². The van der Waals surface area contributed by atoms with Crippen molar-refractivity contribution in [3.63, 3.8) is 0 Å². The predicted octanol–water partition coefficient (Wildman–Crippen LogP) is 2.88. The van der Waals surface area contributed by atoms with E-state index in [-0.39, 0.29) is 4.90 Å². The van der Waals surface area contributed by atoms with E-state index >= 15 is 0 Å². The smallest absolute Gasteiger partial charge is 0.245 e. The highest BCUT2D eigenvalue weighted by Crippen LogP contribution is 2.24. The van der Waals surface area contributed by atoms with Crippen molar-refractivity contribution >= 4 is 37.3 Å². The molecule has 174 valence electrons. The number of aryl methyl sites for hydroxylation is 2. The third kappa shape index (κ3) is 5.67. The Morgan fingerprint density at radius 3 is 2.16 bits per heavy atom. The van der Waals surface area contributed by atoms with Gasteiger partial charge < -0.3 is 5.32 Å². The van der Waals surface area contributed by atoms with E-state index in [9.17, 15) is 21.6 Å². The fourth-order valence-electron chi connectivity index (χ4n) is 3.76. The van der Waals surface area contributed by atoms with Crippen molar-refractivity contribution in [3.05, 3.63) is 53.6 Å². The molecule has 1 aliphatic heterocycles. The minimum absolute atomic E-state index is 0.172. The van der Waals surface area contributed by atoms with Crippen molar-refractivity contribution in [1.82, 2.24) is 4.31 Å². The molecule has 2 aromatic carbocycles. The maximum absolute atomic E-state index is 12.8. The number of rotatable bonds is 7. The maximum Gasteiger partial charge on any atom is 0.245 e. The lowest BCUT2D eigenvalue weighted by Gasteiger charge is -2.26. The molecule has 0 spiro atoms. The number of sulfonamides is 2. The van der Waals surface area contributed by atoms with E-state index in [1.54, 1.807) is 19.1 Å². The van der Waals surface area contributed by atoms with Crippen LogP contribution in [-0.4, -0.2) is 52.9 Å². The van der Waals surface area contributed by atoms with Gasteiger partial charge in [-0.15, -0.1) is 0 Å². The fourth-order valence-corrected chi connectivity index (χ4v) is 6.19. The summed E-state index contributed by atoms with van der Waals surface area (Å²) in [6, 6.07) is 11.3. The van der Waals surface area contributed by atoms with Crippen molar-refractivity contribution in [2.45, 2.75) is 38.0 Å². The second-order valence-corrected chi connectivity index (χ2v) is 11.9. The highest BCUT2D eigenvalue weighted by atomic mass is 32.2. The molecular weight excluding hydrogens is 450 g/mol. The van der Waals surface area contributed by atoms with Crippen LogP contribution in [0.25, 0.3) is 0 Å². The molecule has 0 atom stereocenters. The number of benzene rings is 2. The third-order valence-electron chi connectivity index (χ3n) is 5.40. The minimum atomic E-state index is -3.69. The van der Waals surface area contributed by atoms with Gasteiger partial charge in [0.25, 0.3) is 0 Å². The molecule has 1 fully saturated rings. The van der Waals surface area contributed by atoms with E-state index in [1.807, 2.05) is 13.0 Å². The van der Waals surface area contributed by atoms with Gasteiger partial charge >= 0.3 is 0 Å². The van der Waals surface area contributed by atoms with Crippen molar-refractivity contribution in [3.8, 4) is 0 Å². The summed E-state index contributed by atoms with van der Waals surface area (Å²) in [7, 11) is -7.25. The van der Waals surface area contributed by atoms with E-state index in [4.69, 9.17) is 0 Å². The van der Waals surface area contributed by atoms with Crippen molar-refractivity contribution in [1.29, 1.82) is 0 Å². The Labute approximate surface area is 190 Å². The first-order valence-electron chi connectivity index (χ1n) is 10.4. The van der Waals surface area contributed by atoms with Crippen LogP contribution in [0.1, 0.15) is 30.4 Å². The molecule has 0 saturated carbocycles. The Morgan fingerprint density at radius 2 is 1.59 bits per heavy atom. The topological polar surface area (TPSA) is 104 Å². The zero-order valence-corrected chi connectivity index (χ0v) is 20.2. The fraction of sp³-hybridized carbons (Fsp3) is 0.409. The van der Waals surface area contributed by atoms with Crippen LogP contribution in [0.15, 0.2) is 47.4 Å². The number of carbonyl (C=O) groups excluding carboxylic acids is 1. The van der Waals surface area contributed by atoms with Gasteiger partial charge in [0.2, 0.25) is 26.0 Å². The Hall–Kier alpha value is -2.43. The predicted molar refractivity (Wildman–Crippen MR) is 126 cm³/mol. The summed E-state index contributed by atoms with van der Waals surface area (Å²) in [6.45, 7) is 4.33. The summed E-state index contributed by atoms with van der Waals surface area (Å²) in [4.78, 5) is 12.8.